The molecule has 0 atom stereocenters. The monoisotopic (exact) mass is 137 g/mol. The highest BCUT2D eigenvalue weighted by molar-refractivity contribution is 6.17. The van der Waals surface area contributed by atoms with Crippen LogP contribution >= 0.6 is 0 Å². The summed E-state index contributed by atoms with van der Waals surface area (Å²) in [5, 5.41) is 2.13. The maximum Gasteiger partial charge on any atom is 0.258 e. The van der Waals surface area contributed by atoms with Gasteiger partial charge in [-0.3, -0.25) is 14.9 Å². The minimum absolute atomic E-state index is 0.317. The molecule has 0 spiro atoms. The Kier molecular flexibility index (Phi) is 1.67. The average Bonchev–Trinajstić information content (AvgIpc) is 2.13. The molecule has 3 nitrogen and oxygen atoms in total. The molecular weight excluding hydrogens is 130 g/mol. The number of carbonyl (C=O) groups excluding carboxylic acids is 2. The Morgan fingerprint density at radius 3 is 2.60 bits per heavy atom. The molecule has 0 radical (unpaired) electrons. The third kappa shape index (κ3) is 1.13. The fourth-order valence-corrected chi connectivity index (χ4v) is 0.730. The molecule has 0 saturated carbocycles. The van der Waals surface area contributed by atoms with E-state index in [0.717, 1.165) is 0 Å². The van der Waals surface area contributed by atoms with Gasteiger partial charge in [0.15, 0.2) is 0 Å². The predicted molar refractivity (Wildman–Crippen MR) is 36.0 cm³/mol. The molecule has 2 amide bonds. The Morgan fingerprint density at radius 1 is 1.50 bits per heavy atom. The number of allylic oxidation sites excluding steroid dienone is 1. The second-order valence-corrected chi connectivity index (χ2v) is 1.92. The summed E-state index contributed by atoms with van der Waals surface area (Å²) < 4.78 is 0. The number of imide groups is 1. The Morgan fingerprint density at radius 2 is 2.20 bits per heavy atom. The van der Waals surface area contributed by atoms with Crippen molar-refractivity contribution in [2.24, 2.45) is 0 Å². The topological polar surface area (TPSA) is 46.2 Å². The molecule has 0 fully saturated rings. The molecule has 1 heterocycles. The van der Waals surface area contributed by atoms with Crippen LogP contribution in [-0.4, -0.2) is 11.8 Å². The Hall–Kier alpha value is -1.38. The van der Waals surface area contributed by atoms with Gasteiger partial charge in [-0.2, -0.15) is 0 Å². The van der Waals surface area contributed by atoms with Crippen LogP contribution in [0.4, 0.5) is 0 Å². The van der Waals surface area contributed by atoms with Crippen molar-refractivity contribution in [1.82, 2.24) is 5.32 Å². The summed E-state index contributed by atoms with van der Waals surface area (Å²) in [7, 11) is 0. The molecule has 1 aliphatic heterocycles. The number of hydrogen-bond acceptors (Lipinski definition) is 2. The molecule has 0 aromatic carbocycles. The predicted octanol–water partition coefficient (Wildman–Crippen LogP) is 0.145. The van der Waals surface area contributed by atoms with Gasteiger partial charge in [0.1, 0.15) is 0 Å². The molecule has 1 N–H and O–H groups in total. The zero-order valence-electron chi connectivity index (χ0n) is 5.55. The van der Waals surface area contributed by atoms with Crippen LogP contribution in [0.25, 0.3) is 0 Å². The van der Waals surface area contributed by atoms with Gasteiger partial charge in [0.25, 0.3) is 11.8 Å². The van der Waals surface area contributed by atoms with E-state index in [-0.39, 0.29) is 11.8 Å². The fraction of sp³-hybridized carbons (Fsp3) is 0.143. The maximum atomic E-state index is 10.7. The fourth-order valence-electron chi connectivity index (χ4n) is 0.730. The average molecular weight is 137 g/mol. The van der Waals surface area contributed by atoms with Gasteiger partial charge in [0, 0.05) is 11.6 Å². The molecule has 0 aromatic heterocycles. The van der Waals surface area contributed by atoms with Crippen molar-refractivity contribution in [3.05, 3.63) is 23.8 Å². The minimum Gasteiger partial charge on any atom is -0.289 e. The summed E-state index contributed by atoms with van der Waals surface area (Å²) >= 11 is 0. The first-order valence-corrected chi connectivity index (χ1v) is 2.93. The summed E-state index contributed by atoms with van der Waals surface area (Å²) in [6.45, 7) is 1.79. The largest absolute Gasteiger partial charge is 0.289 e. The van der Waals surface area contributed by atoms with E-state index in [2.05, 4.69) is 5.32 Å². The van der Waals surface area contributed by atoms with Crippen molar-refractivity contribution >= 4 is 11.8 Å². The lowest BCUT2D eigenvalue weighted by molar-refractivity contribution is -0.123. The molecule has 1 rings (SSSR count). The van der Waals surface area contributed by atoms with E-state index >= 15 is 0 Å². The van der Waals surface area contributed by atoms with Crippen LogP contribution in [0.5, 0.6) is 0 Å². The lowest BCUT2D eigenvalue weighted by Crippen LogP contribution is -2.21. The third-order valence-electron chi connectivity index (χ3n) is 1.13. The van der Waals surface area contributed by atoms with E-state index in [1.807, 2.05) is 0 Å². The molecule has 52 valence electrons. The van der Waals surface area contributed by atoms with Gasteiger partial charge in [-0.05, 0) is 6.92 Å². The molecule has 0 aliphatic carbocycles. The molecule has 10 heavy (non-hydrogen) atoms. The molecule has 0 unspecified atom stereocenters. The van der Waals surface area contributed by atoms with Crippen molar-refractivity contribution in [2.75, 3.05) is 0 Å². The van der Waals surface area contributed by atoms with E-state index in [1.165, 1.54) is 6.08 Å². The first-order chi connectivity index (χ1) is 4.74. The highest BCUT2D eigenvalue weighted by Gasteiger charge is 2.17. The van der Waals surface area contributed by atoms with Gasteiger partial charge in [-0.15, -0.1) is 0 Å². The van der Waals surface area contributed by atoms with Gasteiger partial charge in [0.05, 0.1) is 0 Å². The van der Waals surface area contributed by atoms with E-state index in [4.69, 9.17) is 0 Å². The van der Waals surface area contributed by atoms with Crippen molar-refractivity contribution in [2.45, 2.75) is 6.92 Å². The van der Waals surface area contributed by atoms with Gasteiger partial charge in [0.2, 0.25) is 0 Å². The lowest BCUT2D eigenvalue weighted by atomic mass is 10.2. The molecule has 0 bridgehead atoms. The second-order valence-electron chi connectivity index (χ2n) is 1.92. The first kappa shape index (κ1) is 6.74. The highest BCUT2D eigenvalue weighted by atomic mass is 16.2. The highest BCUT2D eigenvalue weighted by Crippen LogP contribution is 2.02. The first-order valence-electron chi connectivity index (χ1n) is 2.93. The maximum absolute atomic E-state index is 10.7. The summed E-state index contributed by atoms with van der Waals surface area (Å²) in [5.74, 6) is -0.652. The van der Waals surface area contributed by atoms with Crippen LogP contribution in [0.1, 0.15) is 6.92 Å². The summed E-state index contributed by atoms with van der Waals surface area (Å²) in [5.41, 5.74) is 0.424. The van der Waals surface area contributed by atoms with Gasteiger partial charge >= 0.3 is 0 Å². The Labute approximate surface area is 58.4 Å². The summed E-state index contributed by atoms with van der Waals surface area (Å²) in [4.78, 5) is 21.2. The van der Waals surface area contributed by atoms with Crippen molar-refractivity contribution in [3.8, 4) is 0 Å². The number of amides is 2. The number of nitrogens with one attached hydrogen (secondary N) is 1. The summed E-state index contributed by atoms with van der Waals surface area (Å²) in [6.07, 6.45) is 4.59. The molecule has 3 heteroatoms. The van der Waals surface area contributed by atoms with Crippen LogP contribution < -0.4 is 5.32 Å². The molecular formula is C7H7NO2. The van der Waals surface area contributed by atoms with E-state index in [1.54, 1.807) is 19.1 Å². The molecule has 0 saturated heterocycles. The number of rotatable bonds is 1. The normalized spacial score (nSPS) is 17.9. The smallest absolute Gasteiger partial charge is 0.258 e. The van der Waals surface area contributed by atoms with Crippen LogP contribution in [0, 0.1) is 0 Å². The zero-order chi connectivity index (χ0) is 7.56. The minimum atomic E-state index is -0.335. The lowest BCUT2D eigenvalue weighted by Gasteiger charge is -1.87. The van der Waals surface area contributed by atoms with E-state index in [9.17, 15) is 9.59 Å². The molecule has 0 aromatic rings. The van der Waals surface area contributed by atoms with Crippen LogP contribution in [-0.2, 0) is 9.59 Å². The number of carbonyl (C=O) groups is 2. The van der Waals surface area contributed by atoms with E-state index < -0.39 is 0 Å². The standard InChI is InChI=1S/C7H7NO2/c1-2-3-5-4-6(9)8-7(5)10/h2-4H,1H3,(H,8,9,10)/b3-2+. The van der Waals surface area contributed by atoms with Crippen LogP contribution in [0.2, 0.25) is 0 Å². The third-order valence-corrected chi connectivity index (χ3v) is 1.13. The quantitative estimate of drug-likeness (QED) is 0.523. The van der Waals surface area contributed by atoms with Crippen molar-refractivity contribution in [3.63, 3.8) is 0 Å². The molecule has 1 aliphatic rings. The van der Waals surface area contributed by atoms with Crippen LogP contribution in [0.3, 0.4) is 0 Å². The SMILES string of the molecule is C/C=C/C1=CC(=O)NC1=O. The van der Waals surface area contributed by atoms with E-state index in [0.29, 0.717) is 5.57 Å². The number of hydrogen-bond donors (Lipinski definition) is 1. The Balaban J connectivity index is 2.85. The zero-order valence-corrected chi connectivity index (χ0v) is 5.55. The van der Waals surface area contributed by atoms with Crippen LogP contribution in [0.15, 0.2) is 23.8 Å². The van der Waals surface area contributed by atoms with Gasteiger partial charge in [-0.1, -0.05) is 12.2 Å². The van der Waals surface area contributed by atoms with Crippen molar-refractivity contribution in [1.29, 1.82) is 0 Å². The van der Waals surface area contributed by atoms with Gasteiger partial charge < -0.3 is 0 Å². The van der Waals surface area contributed by atoms with Gasteiger partial charge in [-0.25, -0.2) is 0 Å². The van der Waals surface area contributed by atoms with Crippen molar-refractivity contribution < 1.29 is 9.59 Å². The Bertz CT molecular complexity index is 238. The second kappa shape index (κ2) is 2.47. The summed E-state index contributed by atoms with van der Waals surface area (Å²) in [6, 6.07) is 0.